The summed E-state index contributed by atoms with van der Waals surface area (Å²) in [5.41, 5.74) is 3.99. The molecule has 0 aromatic heterocycles. The highest BCUT2D eigenvalue weighted by Gasteiger charge is 2.16. The highest BCUT2D eigenvalue weighted by atomic mass is 15.1. The quantitative estimate of drug-likeness (QED) is 0.899. The number of hydrogen-bond donors (Lipinski definition) is 1. The van der Waals surface area contributed by atoms with Crippen molar-refractivity contribution in [2.45, 2.75) is 19.4 Å². The SMILES string of the molecule is CCC(NC)c1ccccc1N(C)c1ccccc1C#N. The van der Waals surface area contributed by atoms with E-state index >= 15 is 0 Å². The van der Waals surface area contributed by atoms with E-state index in [9.17, 15) is 5.26 Å². The summed E-state index contributed by atoms with van der Waals surface area (Å²) in [6.07, 6.45) is 1.02. The molecule has 0 bridgehead atoms. The van der Waals surface area contributed by atoms with Gasteiger partial charge in [-0.3, -0.25) is 0 Å². The van der Waals surface area contributed by atoms with Crippen LogP contribution in [-0.4, -0.2) is 14.1 Å². The first-order chi connectivity index (χ1) is 10.2. The number of nitrogens with one attached hydrogen (secondary N) is 1. The van der Waals surface area contributed by atoms with Crippen molar-refractivity contribution in [3.8, 4) is 6.07 Å². The molecule has 0 radical (unpaired) electrons. The lowest BCUT2D eigenvalue weighted by Gasteiger charge is -2.26. The van der Waals surface area contributed by atoms with Crippen LogP contribution in [0.2, 0.25) is 0 Å². The van der Waals surface area contributed by atoms with E-state index in [4.69, 9.17) is 0 Å². The van der Waals surface area contributed by atoms with E-state index in [1.807, 2.05) is 44.4 Å². The Bertz CT molecular complexity index is 639. The topological polar surface area (TPSA) is 39.1 Å². The van der Waals surface area contributed by atoms with Gasteiger partial charge < -0.3 is 10.2 Å². The Balaban J connectivity index is 2.49. The molecule has 3 heteroatoms. The van der Waals surface area contributed by atoms with Crippen LogP contribution in [0.1, 0.15) is 30.5 Å². The minimum atomic E-state index is 0.304. The van der Waals surface area contributed by atoms with Crippen LogP contribution >= 0.6 is 0 Å². The molecule has 2 aromatic rings. The third-order valence-corrected chi connectivity index (χ3v) is 3.82. The third kappa shape index (κ3) is 3.07. The fraction of sp³-hybridized carbons (Fsp3) is 0.278. The number of rotatable bonds is 5. The molecule has 0 spiro atoms. The van der Waals surface area contributed by atoms with Crippen molar-refractivity contribution >= 4 is 11.4 Å². The van der Waals surface area contributed by atoms with Crippen LogP contribution in [0.4, 0.5) is 11.4 Å². The molecular formula is C18H21N3. The Kier molecular flexibility index (Phi) is 4.97. The van der Waals surface area contributed by atoms with Crippen molar-refractivity contribution in [2.75, 3.05) is 19.0 Å². The van der Waals surface area contributed by atoms with Gasteiger partial charge >= 0.3 is 0 Å². The van der Waals surface area contributed by atoms with Gasteiger partial charge in [-0.25, -0.2) is 0 Å². The van der Waals surface area contributed by atoms with Crippen molar-refractivity contribution in [3.63, 3.8) is 0 Å². The predicted molar refractivity (Wildman–Crippen MR) is 87.8 cm³/mol. The van der Waals surface area contributed by atoms with Gasteiger partial charge in [0.2, 0.25) is 0 Å². The van der Waals surface area contributed by atoms with E-state index in [2.05, 4.69) is 41.4 Å². The predicted octanol–water partition coefficient (Wildman–Crippen LogP) is 4.00. The van der Waals surface area contributed by atoms with E-state index in [-0.39, 0.29) is 0 Å². The Hall–Kier alpha value is -2.31. The molecule has 0 saturated carbocycles. The summed E-state index contributed by atoms with van der Waals surface area (Å²) in [4.78, 5) is 2.09. The largest absolute Gasteiger partial charge is 0.343 e. The summed E-state index contributed by atoms with van der Waals surface area (Å²) in [7, 11) is 3.99. The van der Waals surface area contributed by atoms with Crippen LogP contribution in [-0.2, 0) is 0 Å². The maximum Gasteiger partial charge on any atom is 0.101 e. The molecule has 2 aromatic carbocycles. The van der Waals surface area contributed by atoms with Crippen molar-refractivity contribution in [1.29, 1.82) is 5.26 Å². The monoisotopic (exact) mass is 279 g/mol. The fourth-order valence-electron chi connectivity index (χ4n) is 2.66. The zero-order valence-corrected chi connectivity index (χ0v) is 12.8. The average Bonchev–Trinajstić information content (AvgIpc) is 2.56. The van der Waals surface area contributed by atoms with Gasteiger partial charge in [0.15, 0.2) is 0 Å². The molecule has 21 heavy (non-hydrogen) atoms. The minimum absolute atomic E-state index is 0.304. The summed E-state index contributed by atoms with van der Waals surface area (Å²) >= 11 is 0. The maximum absolute atomic E-state index is 9.30. The van der Waals surface area contributed by atoms with Gasteiger partial charge in [0.05, 0.1) is 11.3 Å². The molecule has 0 fully saturated rings. The normalized spacial score (nSPS) is 11.7. The van der Waals surface area contributed by atoms with E-state index in [1.54, 1.807) is 0 Å². The van der Waals surface area contributed by atoms with E-state index in [0.717, 1.165) is 17.8 Å². The average molecular weight is 279 g/mol. The summed E-state index contributed by atoms with van der Waals surface area (Å²) in [5, 5.41) is 12.6. The summed E-state index contributed by atoms with van der Waals surface area (Å²) < 4.78 is 0. The third-order valence-electron chi connectivity index (χ3n) is 3.82. The van der Waals surface area contributed by atoms with Crippen LogP contribution in [0, 0.1) is 11.3 Å². The Morgan fingerprint density at radius 2 is 1.71 bits per heavy atom. The van der Waals surface area contributed by atoms with Crippen LogP contribution in [0.5, 0.6) is 0 Å². The molecule has 0 heterocycles. The highest BCUT2D eigenvalue weighted by Crippen LogP contribution is 2.33. The van der Waals surface area contributed by atoms with Crippen LogP contribution < -0.4 is 10.2 Å². The second-order valence-electron chi connectivity index (χ2n) is 5.00. The van der Waals surface area contributed by atoms with Gasteiger partial charge in [-0.1, -0.05) is 37.3 Å². The van der Waals surface area contributed by atoms with Gasteiger partial charge in [0, 0.05) is 18.8 Å². The Morgan fingerprint density at radius 3 is 2.33 bits per heavy atom. The first-order valence-electron chi connectivity index (χ1n) is 7.22. The highest BCUT2D eigenvalue weighted by molar-refractivity contribution is 5.71. The van der Waals surface area contributed by atoms with Crippen molar-refractivity contribution in [2.24, 2.45) is 0 Å². The van der Waals surface area contributed by atoms with Crippen LogP contribution in [0.25, 0.3) is 0 Å². The zero-order chi connectivity index (χ0) is 15.2. The van der Waals surface area contributed by atoms with Gasteiger partial charge in [0.25, 0.3) is 0 Å². The molecule has 2 rings (SSSR count). The summed E-state index contributed by atoms with van der Waals surface area (Å²) in [5.74, 6) is 0. The fourth-order valence-corrected chi connectivity index (χ4v) is 2.66. The first-order valence-corrected chi connectivity index (χ1v) is 7.22. The maximum atomic E-state index is 9.30. The number of nitriles is 1. The van der Waals surface area contributed by atoms with Gasteiger partial charge in [-0.2, -0.15) is 5.26 Å². The molecule has 3 nitrogen and oxygen atoms in total. The first kappa shape index (κ1) is 15.1. The molecule has 1 unspecified atom stereocenters. The molecule has 0 aliphatic carbocycles. The second kappa shape index (κ2) is 6.92. The standard InChI is InChI=1S/C18H21N3/c1-4-16(20-2)15-10-6-8-12-18(15)21(3)17-11-7-5-9-14(17)13-19/h5-12,16,20H,4H2,1-3H3. The lowest BCUT2D eigenvalue weighted by atomic mass is 10.0. The van der Waals surface area contributed by atoms with Crippen molar-refractivity contribution in [1.82, 2.24) is 5.32 Å². The van der Waals surface area contributed by atoms with Crippen molar-refractivity contribution in [3.05, 3.63) is 59.7 Å². The van der Waals surface area contributed by atoms with E-state index in [0.29, 0.717) is 11.6 Å². The van der Waals surface area contributed by atoms with E-state index in [1.165, 1.54) is 5.56 Å². The second-order valence-corrected chi connectivity index (χ2v) is 5.00. The number of anilines is 2. The molecule has 0 aliphatic rings. The van der Waals surface area contributed by atoms with Crippen molar-refractivity contribution < 1.29 is 0 Å². The van der Waals surface area contributed by atoms with Gasteiger partial charge in [-0.05, 0) is 37.2 Å². The number of benzene rings is 2. The molecular weight excluding hydrogens is 258 g/mol. The molecule has 108 valence electrons. The molecule has 0 amide bonds. The summed E-state index contributed by atoms with van der Waals surface area (Å²) in [6, 6.07) is 18.6. The van der Waals surface area contributed by atoms with Gasteiger partial charge in [-0.15, -0.1) is 0 Å². The Morgan fingerprint density at radius 1 is 1.10 bits per heavy atom. The molecule has 0 saturated heterocycles. The molecule has 1 N–H and O–H groups in total. The zero-order valence-electron chi connectivity index (χ0n) is 12.8. The minimum Gasteiger partial charge on any atom is -0.343 e. The summed E-state index contributed by atoms with van der Waals surface area (Å²) in [6.45, 7) is 2.17. The van der Waals surface area contributed by atoms with E-state index < -0.39 is 0 Å². The smallest absolute Gasteiger partial charge is 0.101 e. The van der Waals surface area contributed by atoms with Crippen LogP contribution in [0.3, 0.4) is 0 Å². The molecule has 0 aliphatic heterocycles. The van der Waals surface area contributed by atoms with Gasteiger partial charge in [0.1, 0.15) is 6.07 Å². The lowest BCUT2D eigenvalue weighted by molar-refractivity contribution is 0.577. The number of hydrogen-bond acceptors (Lipinski definition) is 3. The Labute approximate surface area is 126 Å². The lowest BCUT2D eigenvalue weighted by Crippen LogP contribution is -2.20. The number of para-hydroxylation sites is 2. The number of nitrogens with zero attached hydrogens (tertiary/aromatic N) is 2. The molecule has 1 atom stereocenters. The van der Waals surface area contributed by atoms with Crippen LogP contribution in [0.15, 0.2) is 48.5 Å².